The molecule has 0 spiro atoms. The van der Waals surface area contributed by atoms with Gasteiger partial charge in [0.1, 0.15) is 0 Å². The van der Waals surface area contributed by atoms with Gasteiger partial charge >= 0.3 is 0 Å². The lowest BCUT2D eigenvalue weighted by molar-refractivity contribution is 0.138. The number of hydrogen-bond acceptors (Lipinski definition) is 7. The number of nitrogens with one attached hydrogen (secondary N) is 1. The van der Waals surface area contributed by atoms with Gasteiger partial charge < -0.3 is 21.1 Å². The number of rotatable bonds is 6. The zero-order valence-electron chi connectivity index (χ0n) is 12.2. The Kier molecular flexibility index (Phi) is 4.94. The van der Waals surface area contributed by atoms with E-state index in [0.29, 0.717) is 18.4 Å². The number of nitrogens with zero attached hydrogens (tertiary/aromatic N) is 4. The van der Waals surface area contributed by atoms with Crippen LogP contribution < -0.4 is 16.0 Å². The first kappa shape index (κ1) is 14.8. The fraction of sp³-hybridized carbons (Fsp3) is 0.769. The molecule has 1 heterocycles. The number of nitrogens with two attached hydrogens (primary N) is 1. The largest absolute Gasteiger partial charge is 0.393 e. The minimum atomic E-state index is -0.219. The van der Waals surface area contributed by atoms with Gasteiger partial charge in [0, 0.05) is 25.6 Å². The number of nitrogen functional groups attached to an aromatic ring is 1. The van der Waals surface area contributed by atoms with Crippen LogP contribution in [0.4, 0.5) is 17.8 Å². The Balaban J connectivity index is 2.03. The molecule has 0 radical (unpaired) electrons. The van der Waals surface area contributed by atoms with Gasteiger partial charge in [-0.15, -0.1) is 0 Å². The van der Waals surface area contributed by atoms with Crippen LogP contribution in [-0.2, 0) is 0 Å². The lowest BCUT2D eigenvalue weighted by atomic mass is 10.1. The van der Waals surface area contributed by atoms with Gasteiger partial charge in [-0.25, -0.2) is 0 Å². The maximum atomic E-state index is 9.81. The van der Waals surface area contributed by atoms with E-state index in [2.05, 4.69) is 20.3 Å². The van der Waals surface area contributed by atoms with Crippen LogP contribution in [0.3, 0.4) is 0 Å². The van der Waals surface area contributed by atoms with Crippen LogP contribution in [0.25, 0.3) is 0 Å². The molecular formula is C13H24N6O. The van der Waals surface area contributed by atoms with E-state index in [-0.39, 0.29) is 18.0 Å². The number of aromatic nitrogens is 3. The summed E-state index contributed by atoms with van der Waals surface area (Å²) in [5.74, 6) is 1.57. The summed E-state index contributed by atoms with van der Waals surface area (Å²) in [5, 5.41) is 13.0. The summed E-state index contributed by atoms with van der Waals surface area (Å²) < 4.78 is 0. The van der Waals surface area contributed by atoms with Crippen molar-refractivity contribution in [3.63, 3.8) is 0 Å². The Morgan fingerprint density at radius 1 is 1.25 bits per heavy atom. The number of hydrogen-bond donors (Lipinski definition) is 3. The second-order valence-corrected chi connectivity index (χ2v) is 5.13. The van der Waals surface area contributed by atoms with Crippen LogP contribution in [0.2, 0.25) is 0 Å². The van der Waals surface area contributed by atoms with Crippen LogP contribution in [0.15, 0.2) is 0 Å². The van der Waals surface area contributed by atoms with Gasteiger partial charge in [0.25, 0.3) is 0 Å². The van der Waals surface area contributed by atoms with Gasteiger partial charge in [0.2, 0.25) is 17.8 Å². The predicted octanol–water partition coefficient (Wildman–Crippen LogP) is 0.873. The van der Waals surface area contributed by atoms with Crippen molar-refractivity contribution in [2.24, 2.45) is 5.92 Å². The maximum Gasteiger partial charge on any atom is 0.231 e. The van der Waals surface area contributed by atoms with Crippen molar-refractivity contribution in [1.29, 1.82) is 0 Å². The summed E-state index contributed by atoms with van der Waals surface area (Å²) >= 11 is 0. The molecule has 4 N–H and O–H groups in total. The SMILES string of the molecule is CCN(CC)c1nc(N)nc(NCC2CCCC2O)n1. The third-order valence-electron chi connectivity index (χ3n) is 3.83. The van der Waals surface area contributed by atoms with E-state index in [9.17, 15) is 5.11 Å². The topological polar surface area (TPSA) is 100 Å². The second kappa shape index (κ2) is 6.69. The van der Waals surface area contributed by atoms with Crippen molar-refractivity contribution in [2.45, 2.75) is 39.2 Å². The zero-order chi connectivity index (χ0) is 14.5. The normalized spacial score (nSPS) is 21.9. The van der Waals surface area contributed by atoms with Crippen molar-refractivity contribution < 1.29 is 5.11 Å². The first-order valence-electron chi connectivity index (χ1n) is 7.32. The predicted molar refractivity (Wildman–Crippen MR) is 79.6 cm³/mol. The minimum absolute atomic E-state index is 0.219. The van der Waals surface area contributed by atoms with Gasteiger partial charge in [-0.3, -0.25) is 0 Å². The molecule has 7 nitrogen and oxygen atoms in total. The third-order valence-corrected chi connectivity index (χ3v) is 3.83. The Morgan fingerprint density at radius 2 is 2.00 bits per heavy atom. The van der Waals surface area contributed by atoms with E-state index in [4.69, 9.17) is 5.73 Å². The van der Waals surface area contributed by atoms with E-state index >= 15 is 0 Å². The monoisotopic (exact) mass is 280 g/mol. The van der Waals surface area contributed by atoms with Crippen LogP contribution in [0.5, 0.6) is 0 Å². The van der Waals surface area contributed by atoms with Gasteiger partial charge in [-0.05, 0) is 26.7 Å². The van der Waals surface area contributed by atoms with Crippen LogP contribution in [-0.4, -0.2) is 45.8 Å². The van der Waals surface area contributed by atoms with E-state index in [1.165, 1.54) is 0 Å². The summed E-state index contributed by atoms with van der Waals surface area (Å²) in [4.78, 5) is 14.7. The molecule has 1 aromatic rings. The summed E-state index contributed by atoms with van der Waals surface area (Å²) in [6.07, 6.45) is 2.79. The van der Waals surface area contributed by atoms with Crippen molar-refractivity contribution in [3.05, 3.63) is 0 Å². The molecule has 7 heteroatoms. The molecule has 1 aliphatic carbocycles. The molecular weight excluding hydrogens is 256 g/mol. The van der Waals surface area contributed by atoms with Crippen LogP contribution >= 0.6 is 0 Å². The first-order valence-corrected chi connectivity index (χ1v) is 7.32. The van der Waals surface area contributed by atoms with E-state index in [1.807, 2.05) is 18.7 Å². The van der Waals surface area contributed by atoms with Gasteiger partial charge in [-0.1, -0.05) is 6.42 Å². The van der Waals surface area contributed by atoms with Crippen molar-refractivity contribution in [3.8, 4) is 0 Å². The molecule has 1 fully saturated rings. The van der Waals surface area contributed by atoms with E-state index in [0.717, 1.165) is 32.4 Å². The van der Waals surface area contributed by atoms with Crippen molar-refractivity contribution in [1.82, 2.24) is 15.0 Å². The smallest absolute Gasteiger partial charge is 0.231 e. The highest BCUT2D eigenvalue weighted by atomic mass is 16.3. The molecule has 112 valence electrons. The van der Waals surface area contributed by atoms with Crippen molar-refractivity contribution >= 4 is 17.8 Å². The van der Waals surface area contributed by atoms with Gasteiger partial charge in [-0.2, -0.15) is 15.0 Å². The van der Waals surface area contributed by atoms with Crippen LogP contribution in [0.1, 0.15) is 33.1 Å². The summed E-state index contributed by atoms with van der Waals surface area (Å²) in [6, 6.07) is 0. The molecule has 1 aromatic heterocycles. The Labute approximate surface area is 119 Å². The zero-order valence-corrected chi connectivity index (χ0v) is 12.2. The average Bonchev–Trinajstić information content (AvgIpc) is 2.83. The van der Waals surface area contributed by atoms with E-state index < -0.39 is 0 Å². The summed E-state index contributed by atoms with van der Waals surface area (Å²) in [7, 11) is 0. The van der Waals surface area contributed by atoms with Gasteiger partial charge in [0.05, 0.1) is 6.10 Å². The molecule has 0 saturated heterocycles. The number of anilines is 3. The first-order chi connectivity index (χ1) is 9.63. The van der Waals surface area contributed by atoms with Crippen molar-refractivity contribution in [2.75, 3.05) is 35.6 Å². The highest BCUT2D eigenvalue weighted by molar-refractivity contribution is 5.41. The van der Waals surface area contributed by atoms with Crippen LogP contribution in [0, 0.1) is 5.92 Å². The maximum absolute atomic E-state index is 9.81. The highest BCUT2D eigenvalue weighted by Crippen LogP contribution is 2.25. The molecule has 0 aliphatic heterocycles. The lowest BCUT2D eigenvalue weighted by Gasteiger charge is -2.20. The van der Waals surface area contributed by atoms with E-state index in [1.54, 1.807) is 0 Å². The second-order valence-electron chi connectivity index (χ2n) is 5.13. The standard InChI is InChI=1S/C13H24N6O/c1-3-19(4-2)13-17-11(14)16-12(18-13)15-8-9-6-5-7-10(9)20/h9-10,20H,3-8H2,1-2H3,(H3,14,15,16,17,18). The molecule has 1 aliphatic rings. The quantitative estimate of drug-likeness (QED) is 0.711. The Bertz CT molecular complexity index is 437. The average molecular weight is 280 g/mol. The fourth-order valence-electron chi connectivity index (χ4n) is 2.59. The molecule has 2 atom stereocenters. The molecule has 0 aromatic carbocycles. The number of aliphatic hydroxyl groups excluding tert-OH is 1. The highest BCUT2D eigenvalue weighted by Gasteiger charge is 2.25. The van der Waals surface area contributed by atoms with Gasteiger partial charge in [0.15, 0.2) is 0 Å². The summed E-state index contributed by atoms with van der Waals surface area (Å²) in [5.41, 5.74) is 5.74. The third kappa shape index (κ3) is 3.47. The molecule has 1 saturated carbocycles. The Hall–Kier alpha value is -1.63. The lowest BCUT2D eigenvalue weighted by Crippen LogP contribution is -2.26. The molecule has 0 amide bonds. The number of aliphatic hydroxyl groups is 1. The summed E-state index contributed by atoms with van der Waals surface area (Å²) in [6.45, 7) is 6.40. The molecule has 2 rings (SSSR count). The molecule has 20 heavy (non-hydrogen) atoms. The molecule has 0 bridgehead atoms. The Morgan fingerprint density at radius 3 is 2.60 bits per heavy atom. The minimum Gasteiger partial charge on any atom is -0.393 e. The molecule has 2 unspecified atom stereocenters. The fourth-order valence-corrected chi connectivity index (χ4v) is 2.59.